The van der Waals surface area contributed by atoms with E-state index >= 15 is 0 Å². The molecule has 5 nitrogen and oxygen atoms in total. The van der Waals surface area contributed by atoms with Crippen LogP contribution in [-0.2, 0) is 9.59 Å². The normalized spacial score (nSPS) is 11.9. The molecule has 0 radical (unpaired) electrons. The van der Waals surface area contributed by atoms with Gasteiger partial charge in [0.1, 0.15) is 5.71 Å². The molecule has 0 aromatic heterocycles. The Balaban J connectivity index is 4.15. The maximum absolute atomic E-state index is 10.8. The molecule has 0 aliphatic rings. The molecule has 0 aliphatic heterocycles. The third kappa shape index (κ3) is 3.68. The number of carboxylic acid groups (broad SMARTS) is 1. The summed E-state index contributed by atoms with van der Waals surface area (Å²) < 4.78 is 0. The predicted molar refractivity (Wildman–Crippen MR) is 47.9 cm³/mol. The third-order valence-corrected chi connectivity index (χ3v) is 1.92. The molecule has 1 amide bonds. The van der Waals surface area contributed by atoms with Crippen molar-refractivity contribution in [2.24, 2.45) is 0 Å². The highest BCUT2D eigenvalue weighted by Crippen LogP contribution is 2.02. The van der Waals surface area contributed by atoms with Gasteiger partial charge in [-0.25, -0.2) is 4.79 Å². The predicted octanol–water partition coefficient (Wildman–Crippen LogP) is 0.348. The Bertz CT molecular complexity index is 238. The molecule has 0 rings (SSSR count). The summed E-state index contributed by atoms with van der Waals surface area (Å²) in [6, 6.07) is -0.249. The summed E-state index contributed by atoms with van der Waals surface area (Å²) in [6.07, 6.45) is 0.0748. The van der Waals surface area contributed by atoms with Crippen LogP contribution < -0.4 is 0 Å². The van der Waals surface area contributed by atoms with Crippen LogP contribution in [0.2, 0.25) is 0 Å². The molecule has 0 aromatic rings. The van der Waals surface area contributed by atoms with Gasteiger partial charge in [-0.2, -0.15) is 0 Å². The maximum Gasteiger partial charge on any atom is 0.349 e. The fourth-order valence-electron chi connectivity index (χ4n) is 0.830. The van der Waals surface area contributed by atoms with Crippen molar-refractivity contribution in [2.75, 3.05) is 7.05 Å². The third-order valence-electron chi connectivity index (χ3n) is 1.92. The van der Waals surface area contributed by atoms with Crippen molar-refractivity contribution in [1.29, 1.82) is 5.41 Å². The number of nitrogens with zero attached hydrogens (tertiary/aromatic N) is 1. The van der Waals surface area contributed by atoms with Gasteiger partial charge in [-0.3, -0.25) is 10.2 Å². The van der Waals surface area contributed by atoms with Crippen LogP contribution in [0.5, 0.6) is 0 Å². The average molecular weight is 186 g/mol. The van der Waals surface area contributed by atoms with Gasteiger partial charge in [-0.05, 0) is 6.92 Å². The summed E-state index contributed by atoms with van der Waals surface area (Å²) in [4.78, 5) is 22.6. The molecule has 2 N–H and O–H groups in total. The van der Waals surface area contributed by atoms with Gasteiger partial charge in [-0.1, -0.05) is 0 Å². The Kier molecular flexibility index (Phi) is 4.10. The number of carboxylic acids is 1. The van der Waals surface area contributed by atoms with E-state index < -0.39 is 5.97 Å². The SMILES string of the molecule is CC(=O)N(C)C(C)CC(=N)C(=O)O. The van der Waals surface area contributed by atoms with Crippen LogP contribution in [0.4, 0.5) is 0 Å². The van der Waals surface area contributed by atoms with Gasteiger partial charge in [0.25, 0.3) is 0 Å². The van der Waals surface area contributed by atoms with Gasteiger partial charge in [0.2, 0.25) is 5.91 Å². The van der Waals surface area contributed by atoms with E-state index in [1.165, 1.54) is 11.8 Å². The Morgan fingerprint density at radius 3 is 2.31 bits per heavy atom. The van der Waals surface area contributed by atoms with E-state index in [2.05, 4.69) is 0 Å². The number of carbonyl (C=O) groups is 2. The minimum atomic E-state index is -1.23. The van der Waals surface area contributed by atoms with E-state index in [0.29, 0.717) is 0 Å². The molecule has 1 atom stereocenters. The fraction of sp³-hybridized carbons (Fsp3) is 0.625. The van der Waals surface area contributed by atoms with Gasteiger partial charge in [0.15, 0.2) is 0 Å². The van der Waals surface area contributed by atoms with Crippen molar-refractivity contribution in [1.82, 2.24) is 4.90 Å². The van der Waals surface area contributed by atoms with Crippen molar-refractivity contribution in [2.45, 2.75) is 26.3 Å². The van der Waals surface area contributed by atoms with Gasteiger partial charge in [-0.15, -0.1) is 0 Å². The molecule has 0 aromatic carbocycles. The summed E-state index contributed by atoms with van der Waals surface area (Å²) in [7, 11) is 1.59. The van der Waals surface area contributed by atoms with Crippen molar-refractivity contribution in [3.63, 3.8) is 0 Å². The second-order valence-electron chi connectivity index (χ2n) is 2.97. The fourth-order valence-corrected chi connectivity index (χ4v) is 0.830. The summed E-state index contributed by atoms with van der Waals surface area (Å²) >= 11 is 0. The minimum Gasteiger partial charge on any atom is -0.477 e. The Morgan fingerprint density at radius 2 is 2.00 bits per heavy atom. The molecule has 74 valence electrons. The maximum atomic E-state index is 10.8. The first-order valence-corrected chi connectivity index (χ1v) is 3.90. The average Bonchev–Trinajstić information content (AvgIpc) is 2.02. The molecule has 0 saturated carbocycles. The Morgan fingerprint density at radius 1 is 1.54 bits per heavy atom. The topological polar surface area (TPSA) is 81.5 Å². The van der Waals surface area contributed by atoms with Gasteiger partial charge >= 0.3 is 5.97 Å². The number of hydrogen-bond donors (Lipinski definition) is 2. The minimum absolute atomic E-state index is 0.0748. The van der Waals surface area contributed by atoms with Crippen LogP contribution in [-0.4, -0.2) is 40.7 Å². The van der Waals surface area contributed by atoms with E-state index in [4.69, 9.17) is 10.5 Å². The van der Waals surface area contributed by atoms with Crippen LogP contribution in [0.1, 0.15) is 20.3 Å². The smallest absolute Gasteiger partial charge is 0.349 e. The standard InChI is InChI=1S/C8H14N2O3/c1-5(10(3)6(2)11)4-7(9)8(12)13/h5,9H,4H2,1-3H3,(H,12,13). The lowest BCUT2D eigenvalue weighted by molar-refractivity contribution is -0.131. The largest absolute Gasteiger partial charge is 0.477 e. The summed E-state index contributed by atoms with van der Waals surface area (Å²) in [5.74, 6) is -1.37. The number of amides is 1. The zero-order valence-electron chi connectivity index (χ0n) is 8.00. The number of rotatable bonds is 4. The monoisotopic (exact) mass is 186 g/mol. The van der Waals surface area contributed by atoms with E-state index in [1.807, 2.05) is 0 Å². The highest BCUT2D eigenvalue weighted by molar-refractivity contribution is 6.34. The van der Waals surface area contributed by atoms with Crippen molar-refractivity contribution in [3.05, 3.63) is 0 Å². The Hall–Kier alpha value is -1.39. The lowest BCUT2D eigenvalue weighted by atomic mass is 10.1. The molecule has 1 unspecified atom stereocenters. The first kappa shape index (κ1) is 11.6. The second-order valence-corrected chi connectivity index (χ2v) is 2.97. The van der Waals surface area contributed by atoms with E-state index in [1.54, 1.807) is 14.0 Å². The van der Waals surface area contributed by atoms with Crippen LogP contribution in [0.3, 0.4) is 0 Å². The van der Waals surface area contributed by atoms with Crippen molar-refractivity contribution >= 4 is 17.6 Å². The van der Waals surface area contributed by atoms with E-state index in [0.717, 1.165) is 0 Å². The summed E-state index contributed by atoms with van der Waals surface area (Å²) in [5, 5.41) is 15.5. The highest BCUT2D eigenvalue weighted by Gasteiger charge is 2.16. The van der Waals surface area contributed by atoms with Crippen LogP contribution in [0.15, 0.2) is 0 Å². The molecule has 0 bridgehead atoms. The molecule has 0 spiro atoms. The molecule has 0 aliphatic carbocycles. The molecular weight excluding hydrogens is 172 g/mol. The second kappa shape index (κ2) is 4.59. The number of hydrogen-bond acceptors (Lipinski definition) is 3. The molecule has 0 heterocycles. The number of carbonyl (C=O) groups excluding carboxylic acids is 1. The molecule has 0 saturated heterocycles. The van der Waals surface area contributed by atoms with Gasteiger partial charge in [0, 0.05) is 26.4 Å². The van der Waals surface area contributed by atoms with Gasteiger partial charge < -0.3 is 10.0 Å². The molecule has 13 heavy (non-hydrogen) atoms. The summed E-state index contributed by atoms with van der Waals surface area (Å²) in [6.45, 7) is 3.11. The molecule has 5 heteroatoms. The Labute approximate surface area is 76.9 Å². The zero-order chi connectivity index (χ0) is 10.6. The van der Waals surface area contributed by atoms with Crippen molar-refractivity contribution < 1.29 is 14.7 Å². The van der Waals surface area contributed by atoms with Crippen LogP contribution in [0, 0.1) is 5.41 Å². The van der Waals surface area contributed by atoms with Crippen LogP contribution in [0.25, 0.3) is 0 Å². The van der Waals surface area contributed by atoms with E-state index in [-0.39, 0.29) is 24.1 Å². The molecular formula is C8H14N2O3. The first-order chi connectivity index (χ1) is 5.86. The lowest BCUT2D eigenvalue weighted by Gasteiger charge is -2.22. The zero-order valence-corrected chi connectivity index (χ0v) is 8.00. The quantitative estimate of drug-likeness (QED) is 0.621. The van der Waals surface area contributed by atoms with Crippen molar-refractivity contribution in [3.8, 4) is 0 Å². The summed E-state index contributed by atoms with van der Waals surface area (Å²) in [5.41, 5.74) is -0.374. The van der Waals surface area contributed by atoms with E-state index in [9.17, 15) is 9.59 Å². The number of aliphatic carboxylic acids is 1. The first-order valence-electron chi connectivity index (χ1n) is 3.90. The highest BCUT2D eigenvalue weighted by atomic mass is 16.4. The molecule has 0 fully saturated rings. The van der Waals surface area contributed by atoms with Crippen LogP contribution >= 0.6 is 0 Å². The number of nitrogens with one attached hydrogen (secondary N) is 1. The lowest BCUT2D eigenvalue weighted by Crippen LogP contribution is -2.35. The van der Waals surface area contributed by atoms with Gasteiger partial charge in [0.05, 0.1) is 0 Å².